The summed E-state index contributed by atoms with van der Waals surface area (Å²) >= 11 is 1.90. The average Bonchev–Trinajstić information content (AvgIpc) is 3.05. The van der Waals surface area contributed by atoms with Gasteiger partial charge in [-0.05, 0) is 31.1 Å². The Morgan fingerprint density at radius 2 is 2.18 bits per heavy atom. The minimum atomic E-state index is -0.383. The van der Waals surface area contributed by atoms with Crippen molar-refractivity contribution in [1.82, 2.24) is 10.2 Å². The lowest BCUT2D eigenvalue weighted by Crippen LogP contribution is -2.45. The molecule has 1 fully saturated rings. The molecule has 1 aromatic rings. The van der Waals surface area contributed by atoms with Crippen LogP contribution in [0.5, 0.6) is 0 Å². The molecule has 0 aromatic heterocycles. The maximum absolute atomic E-state index is 12.3. The Hall–Kier alpha value is -1.20. The number of nitrogens with one attached hydrogen (secondary N) is 1. The van der Waals surface area contributed by atoms with E-state index in [1.807, 2.05) is 41.9 Å². The van der Waals surface area contributed by atoms with E-state index in [1.165, 1.54) is 0 Å². The van der Waals surface area contributed by atoms with Crippen molar-refractivity contribution in [1.29, 1.82) is 0 Å². The summed E-state index contributed by atoms with van der Waals surface area (Å²) in [6, 6.07) is 10.4. The summed E-state index contributed by atoms with van der Waals surface area (Å²) in [5.41, 5.74) is 1.16. The van der Waals surface area contributed by atoms with Crippen LogP contribution in [0.4, 0.5) is 4.79 Å². The van der Waals surface area contributed by atoms with E-state index in [0.29, 0.717) is 19.0 Å². The molecule has 0 radical (unpaired) electrons. The van der Waals surface area contributed by atoms with E-state index in [-0.39, 0.29) is 18.1 Å². The van der Waals surface area contributed by atoms with Gasteiger partial charge in [0.1, 0.15) is 0 Å². The van der Waals surface area contributed by atoms with Crippen molar-refractivity contribution in [2.45, 2.75) is 37.8 Å². The van der Waals surface area contributed by atoms with Gasteiger partial charge in [0, 0.05) is 31.3 Å². The molecule has 2 N–H and O–H groups in total. The topological polar surface area (TPSA) is 52.6 Å². The van der Waals surface area contributed by atoms with E-state index < -0.39 is 0 Å². The summed E-state index contributed by atoms with van der Waals surface area (Å²) in [7, 11) is 1.87. The molecule has 1 heterocycles. The Balaban J connectivity index is 1.91. The molecule has 3 atom stereocenters. The van der Waals surface area contributed by atoms with Crippen LogP contribution in [0.3, 0.4) is 0 Å². The van der Waals surface area contributed by atoms with Crippen LogP contribution in [-0.4, -0.2) is 53.3 Å². The number of aliphatic hydroxyl groups is 1. The molecule has 2 amide bonds. The zero-order chi connectivity index (χ0) is 15.9. The molecule has 4 nitrogen and oxygen atoms in total. The van der Waals surface area contributed by atoms with Gasteiger partial charge in [0.25, 0.3) is 0 Å². The smallest absolute Gasteiger partial charge is 0.317 e. The van der Waals surface area contributed by atoms with Crippen LogP contribution in [0.15, 0.2) is 30.3 Å². The van der Waals surface area contributed by atoms with Crippen LogP contribution < -0.4 is 5.32 Å². The maximum Gasteiger partial charge on any atom is 0.317 e. The zero-order valence-corrected chi connectivity index (χ0v) is 14.2. The molecule has 0 saturated carbocycles. The highest BCUT2D eigenvalue weighted by Crippen LogP contribution is 2.22. The lowest BCUT2D eigenvalue weighted by Gasteiger charge is -2.26. The van der Waals surface area contributed by atoms with Crippen molar-refractivity contribution in [2.24, 2.45) is 0 Å². The fourth-order valence-corrected chi connectivity index (χ4v) is 4.07. The van der Waals surface area contributed by atoms with E-state index in [2.05, 4.69) is 17.4 Å². The number of hydrogen-bond donors (Lipinski definition) is 2. The number of aliphatic hydroxyl groups excluding tert-OH is 1. The van der Waals surface area contributed by atoms with E-state index in [0.717, 1.165) is 23.5 Å². The number of thioether (sulfide) groups is 1. The van der Waals surface area contributed by atoms with Gasteiger partial charge in [0.05, 0.1) is 6.10 Å². The van der Waals surface area contributed by atoms with Crippen LogP contribution in [0, 0.1) is 0 Å². The fourth-order valence-electron chi connectivity index (χ4n) is 2.80. The molecular weight excluding hydrogens is 296 g/mol. The summed E-state index contributed by atoms with van der Waals surface area (Å²) in [6.07, 6.45) is 1.34. The van der Waals surface area contributed by atoms with Gasteiger partial charge in [-0.2, -0.15) is 11.8 Å². The molecule has 1 saturated heterocycles. The first-order valence-corrected chi connectivity index (χ1v) is 9.04. The highest BCUT2D eigenvalue weighted by atomic mass is 32.2. The van der Waals surface area contributed by atoms with Crippen LogP contribution in [0.2, 0.25) is 0 Å². The molecule has 122 valence electrons. The number of hydrogen-bond acceptors (Lipinski definition) is 3. The number of nitrogens with zero attached hydrogens (tertiary/aromatic N) is 1. The third-order valence-corrected chi connectivity index (χ3v) is 5.31. The van der Waals surface area contributed by atoms with Gasteiger partial charge < -0.3 is 15.3 Å². The summed E-state index contributed by atoms with van der Waals surface area (Å²) in [6.45, 7) is 2.34. The van der Waals surface area contributed by atoms with Gasteiger partial charge in [-0.15, -0.1) is 0 Å². The van der Waals surface area contributed by atoms with Gasteiger partial charge in [0.2, 0.25) is 0 Å². The van der Waals surface area contributed by atoms with Gasteiger partial charge >= 0.3 is 6.03 Å². The normalized spacial score (nSPS) is 20.4. The number of benzene rings is 1. The van der Waals surface area contributed by atoms with Gasteiger partial charge in [-0.1, -0.05) is 30.3 Å². The molecule has 22 heavy (non-hydrogen) atoms. The summed E-state index contributed by atoms with van der Waals surface area (Å²) in [5, 5.41) is 12.7. The Morgan fingerprint density at radius 3 is 2.77 bits per heavy atom. The largest absolute Gasteiger partial charge is 0.393 e. The minimum Gasteiger partial charge on any atom is -0.393 e. The predicted molar refractivity (Wildman–Crippen MR) is 92.4 cm³/mol. The van der Waals surface area contributed by atoms with Gasteiger partial charge in [-0.25, -0.2) is 4.79 Å². The van der Waals surface area contributed by atoms with Crippen LogP contribution in [0.25, 0.3) is 0 Å². The summed E-state index contributed by atoms with van der Waals surface area (Å²) in [5.74, 6) is 2.30. The molecular formula is C17H26N2O2S. The van der Waals surface area contributed by atoms with Crippen molar-refractivity contribution >= 4 is 17.8 Å². The molecule has 2 rings (SSSR count). The molecule has 1 aliphatic heterocycles. The van der Waals surface area contributed by atoms with Crippen molar-refractivity contribution in [2.75, 3.05) is 25.1 Å². The Kier molecular flexibility index (Phi) is 6.58. The quantitative estimate of drug-likeness (QED) is 0.847. The van der Waals surface area contributed by atoms with Crippen molar-refractivity contribution in [3.05, 3.63) is 35.9 Å². The molecule has 0 bridgehead atoms. The van der Waals surface area contributed by atoms with Gasteiger partial charge in [-0.3, -0.25) is 0 Å². The van der Waals surface area contributed by atoms with E-state index in [4.69, 9.17) is 0 Å². The highest BCUT2D eigenvalue weighted by molar-refractivity contribution is 7.99. The first kappa shape index (κ1) is 17.2. The van der Waals surface area contributed by atoms with E-state index in [9.17, 15) is 9.90 Å². The second-order valence-corrected chi connectivity index (χ2v) is 7.16. The standard InChI is InChI=1S/C17H26N2O2S/c1-13(20)10-15(14-6-4-3-5-7-14)11-18-17(21)19(2)16-8-9-22-12-16/h3-7,13,15-16,20H,8-12H2,1-2H3,(H,18,21). The third kappa shape index (κ3) is 4.92. The second-order valence-electron chi connectivity index (χ2n) is 6.01. The van der Waals surface area contributed by atoms with Crippen LogP contribution in [-0.2, 0) is 0 Å². The third-order valence-electron chi connectivity index (χ3n) is 4.17. The summed E-state index contributed by atoms with van der Waals surface area (Å²) < 4.78 is 0. The average molecular weight is 322 g/mol. The molecule has 3 unspecified atom stereocenters. The Labute approximate surface area is 137 Å². The van der Waals surface area contributed by atoms with Crippen LogP contribution >= 0.6 is 11.8 Å². The number of urea groups is 1. The summed E-state index contributed by atoms with van der Waals surface area (Å²) in [4.78, 5) is 14.1. The first-order chi connectivity index (χ1) is 10.6. The molecule has 1 aromatic carbocycles. The predicted octanol–water partition coefficient (Wildman–Crippen LogP) is 2.69. The maximum atomic E-state index is 12.3. The Morgan fingerprint density at radius 1 is 1.45 bits per heavy atom. The lowest BCUT2D eigenvalue weighted by molar-refractivity contribution is 0.170. The van der Waals surface area contributed by atoms with Crippen molar-refractivity contribution in [3.63, 3.8) is 0 Å². The molecule has 5 heteroatoms. The second kappa shape index (κ2) is 8.44. The number of rotatable bonds is 6. The first-order valence-electron chi connectivity index (χ1n) is 7.89. The van der Waals surface area contributed by atoms with E-state index >= 15 is 0 Å². The number of amides is 2. The zero-order valence-electron chi connectivity index (χ0n) is 13.4. The number of carbonyl (C=O) groups is 1. The molecule has 1 aliphatic rings. The molecule has 0 spiro atoms. The van der Waals surface area contributed by atoms with Crippen LogP contribution in [0.1, 0.15) is 31.2 Å². The van der Waals surface area contributed by atoms with Crippen molar-refractivity contribution < 1.29 is 9.90 Å². The Bertz CT molecular complexity index is 461. The lowest BCUT2D eigenvalue weighted by atomic mass is 9.93. The minimum absolute atomic E-state index is 0.0148. The SMILES string of the molecule is CC(O)CC(CNC(=O)N(C)C1CCSC1)c1ccccc1. The van der Waals surface area contributed by atoms with Gasteiger partial charge in [0.15, 0.2) is 0 Å². The van der Waals surface area contributed by atoms with Crippen molar-refractivity contribution in [3.8, 4) is 0 Å². The highest BCUT2D eigenvalue weighted by Gasteiger charge is 2.24. The monoisotopic (exact) mass is 322 g/mol. The fraction of sp³-hybridized carbons (Fsp3) is 0.588. The van der Waals surface area contributed by atoms with E-state index in [1.54, 1.807) is 6.92 Å². The number of carbonyl (C=O) groups excluding carboxylic acids is 1. The molecule has 0 aliphatic carbocycles.